The first kappa shape index (κ1) is 31.7. The summed E-state index contributed by atoms with van der Waals surface area (Å²) in [5.41, 5.74) is 0.0314. The number of ether oxygens (including phenoxy) is 3. The molecule has 14 heteroatoms. The highest BCUT2D eigenvalue weighted by Crippen LogP contribution is 2.44. The monoisotopic (exact) mass is 640 g/mol. The quantitative estimate of drug-likeness (QED) is 0.377. The third kappa shape index (κ3) is 6.77. The van der Waals surface area contributed by atoms with Crippen molar-refractivity contribution in [2.24, 2.45) is 0 Å². The lowest BCUT2D eigenvalue weighted by molar-refractivity contribution is -0.124. The summed E-state index contributed by atoms with van der Waals surface area (Å²) in [4.78, 5) is 48.0. The molecule has 12 nitrogen and oxygen atoms in total. The molecular weight excluding hydrogens is 602 g/mol. The predicted octanol–water partition coefficient (Wildman–Crippen LogP) is 3.89. The van der Waals surface area contributed by atoms with E-state index < -0.39 is 23.8 Å². The molecule has 0 unspecified atom stereocenters. The molecule has 1 atom stereocenters. The normalized spacial score (nSPS) is 19.7. The predicted molar refractivity (Wildman–Crippen MR) is 167 cm³/mol. The number of fused-ring (bicyclic) bond motifs is 1. The molecule has 0 spiro atoms. The van der Waals surface area contributed by atoms with Crippen LogP contribution in [0.15, 0.2) is 47.5 Å². The average Bonchev–Trinajstić information content (AvgIpc) is 3.70. The van der Waals surface area contributed by atoms with Crippen LogP contribution in [0.2, 0.25) is 0 Å². The van der Waals surface area contributed by atoms with Crippen LogP contribution in [0.4, 0.5) is 25.0 Å². The maximum absolute atomic E-state index is 13.6. The van der Waals surface area contributed by atoms with E-state index in [9.17, 15) is 23.2 Å². The first-order chi connectivity index (χ1) is 21.9. The number of hydrogen-bond acceptors (Lipinski definition) is 9. The van der Waals surface area contributed by atoms with Gasteiger partial charge in [-0.1, -0.05) is 0 Å². The fourth-order valence-electron chi connectivity index (χ4n) is 6.08. The molecule has 3 aliphatic rings. The number of nitrogens with one attached hydrogen (secondary N) is 2. The minimum absolute atomic E-state index is 0.0354. The second-order valence-corrected chi connectivity index (χ2v) is 12.8. The van der Waals surface area contributed by atoms with Gasteiger partial charge in [-0.05, 0) is 76.4 Å². The molecule has 3 heterocycles. The molecule has 6 rings (SSSR count). The minimum Gasteiger partial charge on any atom is -0.444 e. The molecule has 0 radical (unpaired) electrons. The Morgan fingerprint density at radius 1 is 1.07 bits per heavy atom. The molecule has 1 aliphatic carbocycles. The molecule has 2 saturated heterocycles. The number of alkyl halides is 2. The average molecular weight is 641 g/mol. The van der Waals surface area contributed by atoms with Crippen molar-refractivity contribution in [2.45, 2.75) is 63.8 Å². The van der Waals surface area contributed by atoms with Crippen molar-refractivity contribution in [1.82, 2.24) is 19.8 Å². The van der Waals surface area contributed by atoms with E-state index in [1.165, 1.54) is 29.1 Å². The van der Waals surface area contributed by atoms with Gasteiger partial charge in [0, 0.05) is 31.9 Å². The summed E-state index contributed by atoms with van der Waals surface area (Å²) >= 11 is 0. The second kappa shape index (κ2) is 12.5. The SMILES string of the molecule is CC(C)(C)OC(=O)N[C@H]1CCN(c2ccc3c(=O)n(-c4ccc(OC(F)F)c(NC(=O)C5(N6CCOCC6)CC5)c4)cnc3c2)C1. The Morgan fingerprint density at radius 3 is 2.50 bits per heavy atom. The first-order valence-corrected chi connectivity index (χ1v) is 15.4. The molecule has 2 N–H and O–H groups in total. The molecule has 2 amide bonds. The number of amides is 2. The molecule has 2 aliphatic heterocycles. The zero-order valence-corrected chi connectivity index (χ0v) is 26.1. The number of rotatable bonds is 8. The fraction of sp³-hybridized carbons (Fsp3) is 0.500. The molecule has 3 aromatic rings. The van der Waals surface area contributed by atoms with Gasteiger partial charge in [-0.15, -0.1) is 0 Å². The largest absolute Gasteiger partial charge is 0.444 e. The Balaban J connectivity index is 1.21. The summed E-state index contributed by atoms with van der Waals surface area (Å²) in [6, 6.07) is 9.48. The van der Waals surface area contributed by atoms with Crippen LogP contribution in [0.5, 0.6) is 5.75 Å². The third-order valence-corrected chi connectivity index (χ3v) is 8.49. The Hall–Kier alpha value is -4.30. The minimum atomic E-state index is -3.10. The van der Waals surface area contributed by atoms with Crippen molar-refractivity contribution < 1.29 is 32.6 Å². The van der Waals surface area contributed by atoms with Crippen LogP contribution in [0.25, 0.3) is 16.6 Å². The van der Waals surface area contributed by atoms with Gasteiger partial charge >= 0.3 is 12.7 Å². The fourth-order valence-corrected chi connectivity index (χ4v) is 6.08. The Labute approximate surface area is 264 Å². The number of carbonyl (C=O) groups is 2. The van der Waals surface area contributed by atoms with E-state index in [0.29, 0.717) is 68.8 Å². The van der Waals surface area contributed by atoms with E-state index in [4.69, 9.17) is 14.2 Å². The second-order valence-electron chi connectivity index (χ2n) is 12.8. The zero-order valence-electron chi connectivity index (χ0n) is 26.1. The van der Waals surface area contributed by atoms with Gasteiger partial charge in [-0.2, -0.15) is 8.78 Å². The summed E-state index contributed by atoms with van der Waals surface area (Å²) in [7, 11) is 0. The number of nitrogens with zero attached hydrogens (tertiary/aromatic N) is 4. The number of morpholine rings is 1. The maximum Gasteiger partial charge on any atom is 0.407 e. The van der Waals surface area contributed by atoms with Crippen LogP contribution >= 0.6 is 0 Å². The molecule has 246 valence electrons. The summed E-state index contributed by atoms with van der Waals surface area (Å²) < 4.78 is 43.3. The van der Waals surface area contributed by atoms with Gasteiger partial charge in [0.2, 0.25) is 5.91 Å². The molecule has 1 saturated carbocycles. The summed E-state index contributed by atoms with van der Waals surface area (Å²) in [5.74, 6) is -0.519. The van der Waals surface area contributed by atoms with Crippen LogP contribution in [0, 0.1) is 0 Å². The van der Waals surface area contributed by atoms with Crippen molar-refractivity contribution >= 4 is 34.3 Å². The maximum atomic E-state index is 13.6. The topological polar surface area (TPSA) is 127 Å². The van der Waals surface area contributed by atoms with Gasteiger partial charge in [0.15, 0.2) is 0 Å². The molecule has 3 fully saturated rings. The van der Waals surface area contributed by atoms with Crippen LogP contribution in [-0.2, 0) is 14.3 Å². The van der Waals surface area contributed by atoms with Gasteiger partial charge in [-0.3, -0.25) is 19.1 Å². The number of anilines is 2. The summed E-state index contributed by atoms with van der Waals surface area (Å²) in [6.07, 6.45) is 2.95. The van der Waals surface area contributed by atoms with Crippen molar-refractivity contribution in [3.63, 3.8) is 0 Å². The van der Waals surface area contributed by atoms with E-state index in [1.807, 2.05) is 32.9 Å². The van der Waals surface area contributed by atoms with Gasteiger partial charge in [0.25, 0.3) is 5.56 Å². The summed E-state index contributed by atoms with van der Waals surface area (Å²) in [6.45, 7) is 5.88. The Kier molecular flexibility index (Phi) is 8.59. The van der Waals surface area contributed by atoms with Crippen LogP contribution in [-0.4, -0.2) is 89.6 Å². The molecule has 46 heavy (non-hydrogen) atoms. The number of hydrogen-bond donors (Lipinski definition) is 2. The van der Waals surface area contributed by atoms with Gasteiger partial charge in [0.1, 0.15) is 23.2 Å². The van der Waals surface area contributed by atoms with E-state index in [0.717, 1.165) is 12.1 Å². The first-order valence-electron chi connectivity index (χ1n) is 15.4. The smallest absolute Gasteiger partial charge is 0.407 e. The number of halogens is 2. The van der Waals surface area contributed by atoms with Crippen molar-refractivity contribution in [3.8, 4) is 11.4 Å². The molecule has 0 bridgehead atoms. The lowest BCUT2D eigenvalue weighted by Crippen LogP contribution is -2.51. The van der Waals surface area contributed by atoms with Crippen LogP contribution in [0.3, 0.4) is 0 Å². The van der Waals surface area contributed by atoms with Crippen LogP contribution < -0.4 is 25.8 Å². The lowest BCUT2D eigenvalue weighted by atomic mass is 10.1. The Bertz CT molecular complexity index is 1680. The van der Waals surface area contributed by atoms with Crippen LogP contribution in [0.1, 0.15) is 40.0 Å². The van der Waals surface area contributed by atoms with Crippen molar-refractivity contribution in [1.29, 1.82) is 0 Å². The van der Waals surface area contributed by atoms with Crippen molar-refractivity contribution in [2.75, 3.05) is 49.6 Å². The summed E-state index contributed by atoms with van der Waals surface area (Å²) in [5, 5.41) is 6.06. The highest BCUT2D eigenvalue weighted by Gasteiger charge is 2.54. The standard InChI is InChI=1S/C32H38F2N6O6/c1-31(2,3)46-30(43)36-20-8-11-38(18-20)21-4-6-23-24(16-21)35-19-40(27(23)41)22-5-7-26(45-29(33)34)25(17-22)37-28(42)32(9-10-32)39-12-14-44-15-13-39/h4-7,16-17,19-20,29H,8-15,18H2,1-3H3,(H,36,43)(H,37,42)/t20-/m0/s1. The van der Waals surface area contributed by atoms with E-state index in [1.54, 1.807) is 6.07 Å². The lowest BCUT2D eigenvalue weighted by Gasteiger charge is -2.34. The zero-order chi connectivity index (χ0) is 32.6. The molecule has 2 aromatic carbocycles. The van der Waals surface area contributed by atoms with E-state index >= 15 is 0 Å². The number of benzene rings is 2. The van der Waals surface area contributed by atoms with Gasteiger partial charge in [-0.25, -0.2) is 9.78 Å². The highest BCUT2D eigenvalue weighted by atomic mass is 19.3. The van der Waals surface area contributed by atoms with Crippen molar-refractivity contribution in [3.05, 3.63) is 53.1 Å². The number of carbonyl (C=O) groups excluding carboxylic acids is 2. The highest BCUT2D eigenvalue weighted by molar-refractivity contribution is 6.01. The van der Waals surface area contributed by atoms with Gasteiger partial charge < -0.3 is 29.7 Å². The number of aromatic nitrogens is 2. The number of alkyl carbamates (subject to hydrolysis) is 1. The third-order valence-electron chi connectivity index (χ3n) is 8.49. The molecule has 1 aromatic heterocycles. The molecular formula is C32H38F2N6O6. The van der Waals surface area contributed by atoms with E-state index in [-0.39, 0.29) is 28.9 Å². The Morgan fingerprint density at radius 2 is 1.80 bits per heavy atom. The van der Waals surface area contributed by atoms with Gasteiger partial charge in [0.05, 0.1) is 41.5 Å². The van der Waals surface area contributed by atoms with E-state index in [2.05, 4.69) is 25.4 Å².